The van der Waals surface area contributed by atoms with Crippen molar-refractivity contribution < 1.29 is 33.6 Å². The molecule has 0 bridgehead atoms. The lowest BCUT2D eigenvalue weighted by Crippen LogP contribution is -2.63. The number of fused-ring (bicyclic) bond motifs is 2. The Morgan fingerprint density at radius 2 is 2.21 bits per heavy atom. The third-order valence-electron chi connectivity index (χ3n) is 7.00. The first-order valence-corrected chi connectivity index (χ1v) is 11.1. The number of hydrogen-bond acceptors (Lipinski definition) is 9. The van der Waals surface area contributed by atoms with Crippen molar-refractivity contribution in [2.45, 2.75) is 57.0 Å². The zero-order valence-electron chi connectivity index (χ0n) is 19.4. The summed E-state index contributed by atoms with van der Waals surface area (Å²) in [5.74, 6) is -1.19. The smallest absolute Gasteiger partial charge is 0.345 e. The summed E-state index contributed by atoms with van der Waals surface area (Å²) in [6.07, 6.45) is 2.92. The number of rotatable bonds is 6. The van der Waals surface area contributed by atoms with Gasteiger partial charge in [-0.3, -0.25) is 9.78 Å². The summed E-state index contributed by atoms with van der Waals surface area (Å²) in [5.41, 5.74) is -2.60. The standard InChI is InChI=1S/C25H29NO8/c1-5-31-13-24(3,30)16-9-17-22(28)21-19(34-25(17,4)20(10-16)32-14(2)27)11-18(33-23(21)29)15-7-6-8-26-12-15/h5-8,11-12,16-17,20,22,28,30H,1,9-10,13H2,2-4H3/t16-,17?,20-,22-,24+,25-/m1/s1. The molecule has 0 amide bonds. The van der Waals surface area contributed by atoms with Gasteiger partial charge in [-0.1, -0.05) is 6.58 Å². The highest BCUT2D eigenvalue weighted by atomic mass is 16.6. The average Bonchev–Trinajstić information content (AvgIpc) is 2.78. The highest BCUT2D eigenvalue weighted by molar-refractivity contribution is 5.66. The summed E-state index contributed by atoms with van der Waals surface area (Å²) in [4.78, 5) is 28.9. The number of carbonyl (C=O) groups excluding carboxylic acids is 1. The van der Waals surface area contributed by atoms with Crippen LogP contribution >= 0.6 is 0 Å². The third-order valence-corrected chi connectivity index (χ3v) is 7.00. The van der Waals surface area contributed by atoms with Crippen molar-refractivity contribution in [2.75, 3.05) is 6.61 Å². The van der Waals surface area contributed by atoms with E-state index in [4.69, 9.17) is 18.6 Å². The Morgan fingerprint density at radius 1 is 1.44 bits per heavy atom. The summed E-state index contributed by atoms with van der Waals surface area (Å²) in [5, 5.41) is 22.4. The number of carbonyl (C=O) groups is 1. The van der Waals surface area contributed by atoms with Crippen LogP contribution in [0.5, 0.6) is 5.75 Å². The quantitative estimate of drug-likeness (QED) is 0.483. The van der Waals surface area contributed by atoms with Crippen LogP contribution in [0.2, 0.25) is 0 Å². The highest BCUT2D eigenvalue weighted by Crippen LogP contribution is 2.53. The van der Waals surface area contributed by atoms with Crippen molar-refractivity contribution in [3.05, 3.63) is 59.4 Å². The van der Waals surface area contributed by atoms with Crippen molar-refractivity contribution in [1.82, 2.24) is 4.98 Å². The third kappa shape index (κ3) is 4.21. The van der Waals surface area contributed by atoms with E-state index in [1.165, 1.54) is 13.2 Å². The molecule has 1 aliphatic carbocycles. The fourth-order valence-corrected chi connectivity index (χ4v) is 5.09. The van der Waals surface area contributed by atoms with Crippen LogP contribution < -0.4 is 10.4 Å². The van der Waals surface area contributed by atoms with Gasteiger partial charge in [-0.2, -0.15) is 0 Å². The van der Waals surface area contributed by atoms with Crippen molar-refractivity contribution in [3.8, 4) is 17.1 Å². The van der Waals surface area contributed by atoms with Gasteiger partial charge in [0.25, 0.3) is 0 Å². The number of ether oxygens (including phenoxy) is 3. The van der Waals surface area contributed by atoms with E-state index >= 15 is 0 Å². The second kappa shape index (κ2) is 8.88. The number of hydrogen-bond donors (Lipinski definition) is 2. The molecule has 0 aromatic carbocycles. The fourth-order valence-electron chi connectivity index (χ4n) is 5.09. The first-order valence-electron chi connectivity index (χ1n) is 11.1. The van der Waals surface area contributed by atoms with Gasteiger partial charge in [0.1, 0.15) is 35.4 Å². The Bertz CT molecular complexity index is 1130. The van der Waals surface area contributed by atoms with E-state index < -0.39 is 46.8 Å². The van der Waals surface area contributed by atoms with Gasteiger partial charge in [0.15, 0.2) is 0 Å². The van der Waals surface area contributed by atoms with E-state index in [0.29, 0.717) is 12.0 Å². The molecule has 9 heteroatoms. The normalized spacial score (nSPS) is 29.6. The predicted octanol–water partition coefficient (Wildman–Crippen LogP) is 2.76. The molecule has 6 atom stereocenters. The largest absolute Gasteiger partial charge is 0.499 e. The van der Waals surface area contributed by atoms with Gasteiger partial charge in [0.05, 0.1) is 18.0 Å². The molecule has 1 aliphatic heterocycles. The first-order chi connectivity index (χ1) is 16.1. The van der Waals surface area contributed by atoms with Gasteiger partial charge in [-0.25, -0.2) is 4.79 Å². The van der Waals surface area contributed by atoms with Crippen molar-refractivity contribution >= 4 is 5.97 Å². The minimum atomic E-state index is -1.30. The fraction of sp³-hybridized carbons (Fsp3) is 0.480. The molecular weight excluding hydrogens is 442 g/mol. The van der Waals surface area contributed by atoms with E-state index in [1.807, 2.05) is 0 Å². The number of aliphatic hydroxyl groups excluding tert-OH is 1. The van der Waals surface area contributed by atoms with Crippen LogP contribution in [0.4, 0.5) is 0 Å². The molecule has 9 nitrogen and oxygen atoms in total. The number of esters is 1. The number of aliphatic hydroxyl groups is 2. The van der Waals surface area contributed by atoms with Gasteiger partial charge in [-0.15, -0.1) is 0 Å². The van der Waals surface area contributed by atoms with Crippen molar-refractivity contribution in [3.63, 3.8) is 0 Å². The zero-order chi connectivity index (χ0) is 24.7. The van der Waals surface area contributed by atoms with Gasteiger partial charge in [0.2, 0.25) is 0 Å². The summed E-state index contributed by atoms with van der Waals surface area (Å²) in [6.45, 7) is 8.14. The SMILES string of the molecule is C=COC[C@](C)(O)[C@@H]1CC2[C@@H](O)c3c(cc(-c4cccnc4)oc3=O)O[C@@]2(C)[C@H](OC(C)=O)C1. The van der Waals surface area contributed by atoms with E-state index in [1.54, 1.807) is 44.4 Å². The monoisotopic (exact) mass is 471 g/mol. The molecule has 34 heavy (non-hydrogen) atoms. The van der Waals surface area contributed by atoms with Crippen LogP contribution in [0.3, 0.4) is 0 Å². The molecule has 0 spiro atoms. The van der Waals surface area contributed by atoms with Gasteiger partial charge < -0.3 is 28.8 Å². The maximum Gasteiger partial charge on any atom is 0.345 e. The molecule has 182 valence electrons. The summed E-state index contributed by atoms with van der Waals surface area (Å²) in [6, 6.07) is 4.99. The molecule has 2 N–H and O–H groups in total. The molecule has 2 aromatic heterocycles. The molecule has 2 aromatic rings. The maximum absolute atomic E-state index is 12.9. The van der Waals surface area contributed by atoms with Gasteiger partial charge >= 0.3 is 11.6 Å². The molecule has 0 saturated heterocycles. The summed E-state index contributed by atoms with van der Waals surface area (Å²) in [7, 11) is 0. The van der Waals surface area contributed by atoms with Crippen LogP contribution in [0, 0.1) is 11.8 Å². The summed E-state index contributed by atoms with van der Waals surface area (Å²) < 4.78 is 22.7. The Morgan fingerprint density at radius 3 is 2.85 bits per heavy atom. The lowest BCUT2D eigenvalue weighted by Gasteiger charge is -2.54. The molecule has 1 fully saturated rings. The van der Waals surface area contributed by atoms with E-state index in [0.717, 1.165) is 0 Å². The Labute approximate surface area is 197 Å². The Hall–Kier alpha value is -3.17. The van der Waals surface area contributed by atoms with Crippen LogP contribution in [0.1, 0.15) is 45.3 Å². The molecule has 1 unspecified atom stereocenters. The average molecular weight is 472 g/mol. The number of aromatic nitrogens is 1. The van der Waals surface area contributed by atoms with Crippen LogP contribution in [-0.2, 0) is 14.3 Å². The molecular formula is C25H29NO8. The lowest BCUT2D eigenvalue weighted by atomic mass is 9.62. The number of nitrogens with zero attached hydrogens (tertiary/aromatic N) is 1. The Kier molecular flexibility index (Phi) is 6.26. The molecule has 1 saturated carbocycles. The number of pyridine rings is 1. The molecule has 4 rings (SSSR count). The highest BCUT2D eigenvalue weighted by Gasteiger charge is 2.59. The molecule has 0 radical (unpaired) electrons. The predicted molar refractivity (Wildman–Crippen MR) is 121 cm³/mol. The Balaban J connectivity index is 1.77. The van der Waals surface area contributed by atoms with E-state index in [2.05, 4.69) is 11.6 Å². The molecule has 2 aliphatic rings. The van der Waals surface area contributed by atoms with Crippen LogP contribution in [0.25, 0.3) is 11.3 Å². The second-order valence-corrected chi connectivity index (χ2v) is 9.36. The van der Waals surface area contributed by atoms with Gasteiger partial charge in [-0.05, 0) is 44.7 Å². The van der Waals surface area contributed by atoms with Gasteiger partial charge in [0, 0.05) is 36.9 Å². The second-order valence-electron chi connectivity index (χ2n) is 9.36. The first kappa shape index (κ1) is 24.0. The topological polar surface area (TPSA) is 128 Å². The van der Waals surface area contributed by atoms with Crippen LogP contribution in [-0.4, -0.2) is 45.1 Å². The van der Waals surface area contributed by atoms with E-state index in [-0.39, 0.29) is 30.1 Å². The van der Waals surface area contributed by atoms with E-state index in [9.17, 15) is 19.8 Å². The minimum Gasteiger partial charge on any atom is -0.499 e. The molecule has 3 heterocycles. The van der Waals surface area contributed by atoms with Crippen molar-refractivity contribution in [1.29, 1.82) is 0 Å². The maximum atomic E-state index is 12.9. The van der Waals surface area contributed by atoms with Crippen molar-refractivity contribution in [2.24, 2.45) is 11.8 Å². The lowest BCUT2D eigenvalue weighted by molar-refractivity contribution is -0.206. The zero-order valence-corrected chi connectivity index (χ0v) is 19.4. The van der Waals surface area contributed by atoms with Crippen LogP contribution in [0.15, 0.2) is 52.6 Å². The summed E-state index contributed by atoms with van der Waals surface area (Å²) >= 11 is 0. The minimum absolute atomic E-state index is 0.000625.